The Morgan fingerprint density at radius 3 is 2.59 bits per heavy atom. The lowest BCUT2D eigenvalue weighted by Gasteiger charge is -2.39. The van der Waals surface area contributed by atoms with Crippen LogP contribution >= 0.6 is 0 Å². The fourth-order valence-corrected chi connectivity index (χ4v) is 2.77. The molecule has 1 atom stereocenters. The molecule has 0 aromatic rings. The SMILES string of the molecule is C[C@@](CO)(NCCCCC#N)C1CCCCC1. The van der Waals surface area contributed by atoms with E-state index < -0.39 is 0 Å². The monoisotopic (exact) mass is 238 g/mol. The second-order valence-electron chi connectivity index (χ2n) is 5.45. The zero-order valence-corrected chi connectivity index (χ0v) is 11.0. The number of aliphatic hydroxyl groups is 1. The number of rotatable bonds is 7. The number of unbranched alkanes of at least 4 members (excludes halogenated alkanes) is 2. The molecule has 0 aliphatic heterocycles. The standard InChI is InChI=1S/C14H26N2O/c1-14(12-17,13-8-4-2-5-9-13)16-11-7-3-6-10-15/h13,16-17H,2-9,11-12H2,1H3/t14-/m0/s1. The first kappa shape index (κ1) is 14.5. The topological polar surface area (TPSA) is 56.0 Å². The van der Waals surface area contributed by atoms with Gasteiger partial charge in [0.1, 0.15) is 0 Å². The molecule has 0 spiro atoms. The van der Waals surface area contributed by atoms with Crippen LogP contribution in [-0.2, 0) is 0 Å². The minimum Gasteiger partial charge on any atom is -0.394 e. The minimum atomic E-state index is -0.118. The van der Waals surface area contributed by atoms with Crippen molar-refractivity contribution in [1.29, 1.82) is 5.26 Å². The molecule has 2 N–H and O–H groups in total. The molecule has 0 heterocycles. The Morgan fingerprint density at radius 1 is 1.29 bits per heavy atom. The Labute approximate surface area is 105 Å². The Balaban J connectivity index is 2.31. The van der Waals surface area contributed by atoms with E-state index in [1.807, 2.05) is 0 Å². The molecule has 1 rings (SSSR count). The average molecular weight is 238 g/mol. The number of nitrogens with zero attached hydrogens (tertiary/aromatic N) is 1. The van der Waals surface area contributed by atoms with Crippen LogP contribution < -0.4 is 5.32 Å². The molecular weight excluding hydrogens is 212 g/mol. The van der Waals surface area contributed by atoms with Crippen LogP contribution in [0.5, 0.6) is 0 Å². The summed E-state index contributed by atoms with van der Waals surface area (Å²) < 4.78 is 0. The fourth-order valence-electron chi connectivity index (χ4n) is 2.77. The minimum absolute atomic E-state index is 0.118. The Morgan fingerprint density at radius 2 is 2.00 bits per heavy atom. The maximum atomic E-state index is 9.63. The zero-order valence-electron chi connectivity index (χ0n) is 11.0. The fraction of sp³-hybridized carbons (Fsp3) is 0.929. The van der Waals surface area contributed by atoms with Gasteiger partial charge in [0.15, 0.2) is 0 Å². The summed E-state index contributed by atoms with van der Waals surface area (Å²) in [5.74, 6) is 0.609. The van der Waals surface area contributed by atoms with Gasteiger partial charge in [-0.1, -0.05) is 19.3 Å². The number of aliphatic hydroxyl groups excluding tert-OH is 1. The molecule has 0 amide bonds. The summed E-state index contributed by atoms with van der Waals surface area (Å²) in [5, 5.41) is 21.6. The van der Waals surface area contributed by atoms with Crippen molar-refractivity contribution in [3.63, 3.8) is 0 Å². The van der Waals surface area contributed by atoms with Crippen LogP contribution in [0.3, 0.4) is 0 Å². The molecule has 17 heavy (non-hydrogen) atoms. The van der Waals surface area contributed by atoms with Crippen molar-refractivity contribution in [1.82, 2.24) is 5.32 Å². The van der Waals surface area contributed by atoms with Gasteiger partial charge in [-0.05, 0) is 45.1 Å². The van der Waals surface area contributed by atoms with Crippen molar-refractivity contribution in [3.05, 3.63) is 0 Å². The van der Waals surface area contributed by atoms with Gasteiger partial charge in [-0.2, -0.15) is 5.26 Å². The van der Waals surface area contributed by atoms with Crippen LogP contribution in [0.2, 0.25) is 0 Å². The highest BCUT2D eigenvalue weighted by Crippen LogP contribution is 2.32. The first-order valence-electron chi connectivity index (χ1n) is 6.96. The van der Waals surface area contributed by atoms with Gasteiger partial charge in [0.25, 0.3) is 0 Å². The van der Waals surface area contributed by atoms with Gasteiger partial charge >= 0.3 is 0 Å². The summed E-state index contributed by atoms with van der Waals surface area (Å²) in [6, 6.07) is 2.17. The first-order valence-corrected chi connectivity index (χ1v) is 6.96. The lowest BCUT2D eigenvalue weighted by Crippen LogP contribution is -2.52. The molecule has 0 unspecified atom stereocenters. The van der Waals surface area contributed by atoms with E-state index in [0.717, 1.165) is 19.4 Å². The van der Waals surface area contributed by atoms with Crippen LogP contribution in [0.25, 0.3) is 0 Å². The van der Waals surface area contributed by atoms with Crippen LogP contribution in [0.15, 0.2) is 0 Å². The predicted molar refractivity (Wildman–Crippen MR) is 69.5 cm³/mol. The summed E-state index contributed by atoms with van der Waals surface area (Å²) in [6.07, 6.45) is 9.05. The highest BCUT2D eigenvalue weighted by Gasteiger charge is 2.33. The van der Waals surface area contributed by atoms with E-state index in [1.165, 1.54) is 32.1 Å². The van der Waals surface area contributed by atoms with Crippen LogP contribution in [0.4, 0.5) is 0 Å². The number of hydrogen-bond donors (Lipinski definition) is 2. The molecule has 3 nitrogen and oxygen atoms in total. The highest BCUT2D eigenvalue weighted by molar-refractivity contribution is 4.91. The normalized spacial score (nSPS) is 20.8. The Hall–Kier alpha value is -0.590. The molecule has 1 aliphatic carbocycles. The van der Waals surface area contributed by atoms with Crippen molar-refractivity contribution >= 4 is 0 Å². The highest BCUT2D eigenvalue weighted by atomic mass is 16.3. The molecule has 0 saturated heterocycles. The maximum Gasteiger partial charge on any atom is 0.0621 e. The largest absolute Gasteiger partial charge is 0.394 e. The van der Waals surface area contributed by atoms with Gasteiger partial charge in [-0.25, -0.2) is 0 Å². The lowest BCUT2D eigenvalue weighted by molar-refractivity contribution is 0.0951. The van der Waals surface area contributed by atoms with E-state index in [-0.39, 0.29) is 12.1 Å². The molecule has 1 fully saturated rings. The molecular formula is C14H26N2O. The number of hydrogen-bond acceptors (Lipinski definition) is 3. The van der Waals surface area contributed by atoms with Crippen molar-refractivity contribution in [3.8, 4) is 6.07 Å². The average Bonchev–Trinajstić information content (AvgIpc) is 2.39. The molecule has 0 aromatic heterocycles. The van der Waals surface area contributed by atoms with E-state index in [4.69, 9.17) is 5.26 Å². The van der Waals surface area contributed by atoms with Crippen LogP contribution in [0, 0.1) is 17.2 Å². The molecule has 0 bridgehead atoms. The third-order valence-electron chi connectivity index (χ3n) is 4.08. The molecule has 1 saturated carbocycles. The summed E-state index contributed by atoms with van der Waals surface area (Å²) in [7, 11) is 0. The van der Waals surface area contributed by atoms with Crippen LogP contribution in [0.1, 0.15) is 58.3 Å². The zero-order chi connectivity index (χ0) is 12.6. The van der Waals surface area contributed by atoms with Gasteiger partial charge in [0, 0.05) is 12.0 Å². The van der Waals surface area contributed by atoms with E-state index >= 15 is 0 Å². The maximum absolute atomic E-state index is 9.63. The summed E-state index contributed by atoms with van der Waals surface area (Å²) in [6.45, 7) is 3.28. The van der Waals surface area contributed by atoms with Crippen molar-refractivity contribution in [2.45, 2.75) is 63.8 Å². The summed E-state index contributed by atoms with van der Waals surface area (Å²) >= 11 is 0. The quantitative estimate of drug-likeness (QED) is 0.670. The number of nitriles is 1. The summed E-state index contributed by atoms with van der Waals surface area (Å²) in [4.78, 5) is 0. The van der Waals surface area contributed by atoms with Crippen molar-refractivity contribution in [2.24, 2.45) is 5.92 Å². The third kappa shape index (κ3) is 4.65. The van der Waals surface area contributed by atoms with Gasteiger partial charge in [0.2, 0.25) is 0 Å². The smallest absolute Gasteiger partial charge is 0.0621 e. The van der Waals surface area contributed by atoms with Gasteiger partial charge in [-0.15, -0.1) is 0 Å². The van der Waals surface area contributed by atoms with E-state index in [2.05, 4.69) is 18.3 Å². The predicted octanol–water partition coefficient (Wildman–Crippen LogP) is 2.60. The van der Waals surface area contributed by atoms with E-state index in [9.17, 15) is 5.11 Å². The second kappa shape index (κ2) is 7.68. The van der Waals surface area contributed by atoms with Gasteiger partial charge in [0.05, 0.1) is 12.7 Å². The van der Waals surface area contributed by atoms with Crippen molar-refractivity contribution < 1.29 is 5.11 Å². The molecule has 0 aromatic carbocycles. The van der Waals surface area contributed by atoms with Crippen molar-refractivity contribution in [2.75, 3.05) is 13.2 Å². The van der Waals surface area contributed by atoms with E-state index in [0.29, 0.717) is 12.3 Å². The second-order valence-corrected chi connectivity index (χ2v) is 5.45. The first-order chi connectivity index (χ1) is 8.23. The third-order valence-corrected chi connectivity index (χ3v) is 4.08. The van der Waals surface area contributed by atoms with E-state index in [1.54, 1.807) is 0 Å². The Bertz CT molecular complexity index is 243. The molecule has 1 aliphatic rings. The summed E-state index contributed by atoms with van der Waals surface area (Å²) in [5.41, 5.74) is -0.118. The lowest BCUT2D eigenvalue weighted by atomic mass is 9.76. The Kier molecular flexibility index (Phi) is 6.54. The van der Waals surface area contributed by atoms with Crippen LogP contribution in [-0.4, -0.2) is 23.8 Å². The molecule has 3 heteroatoms. The van der Waals surface area contributed by atoms with Gasteiger partial charge in [-0.3, -0.25) is 0 Å². The molecule has 0 radical (unpaired) electrons. The molecule has 98 valence electrons. The number of nitrogens with one attached hydrogen (secondary N) is 1. The van der Waals surface area contributed by atoms with Gasteiger partial charge < -0.3 is 10.4 Å².